The van der Waals surface area contributed by atoms with Gasteiger partial charge in [-0.05, 0) is 43.3 Å². The molecule has 0 saturated heterocycles. The Morgan fingerprint density at radius 3 is 2.55 bits per heavy atom. The highest BCUT2D eigenvalue weighted by atomic mass is 35.5. The zero-order valence-corrected chi connectivity index (χ0v) is 18.2. The Morgan fingerprint density at radius 1 is 1.13 bits per heavy atom. The number of hydrogen-bond acceptors (Lipinski definition) is 6. The summed E-state index contributed by atoms with van der Waals surface area (Å²) in [6, 6.07) is 10.3. The molecule has 4 aromatic rings. The number of amides is 1. The maximum absolute atomic E-state index is 12.8. The zero-order chi connectivity index (χ0) is 22.1. The van der Waals surface area contributed by atoms with Gasteiger partial charge in [0.05, 0.1) is 17.1 Å². The number of carbonyl (C=O) groups is 1. The molecular weight excluding hydrogens is 441 g/mol. The Kier molecular flexibility index (Phi) is 5.80. The lowest BCUT2D eigenvalue weighted by molar-refractivity contribution is -0.115. The van der Waals surface area contributed by atoms with Gasteiger partial charge in [0, 0.05) is 22.4 Å². The molecule has 0 radical (unpaired) electrons. The molecule has 0 atom stereocenters. The number of aromatic nitrogens is 2. The van der Waals surface area contributed by atoms with E-state index in [9.17, 15) is 9.59 Å². The molecule has 0 aliphatic carbocycles. The van der Waals surface area contributed by atoms with Crippen LogP contribution in [0.5, 0.6) is 5.75 Å². The lowest BCUT2D eigenvalue weighted by atomic mass is 10.1. The topological polar surface area (TPSA) is 94.3 Å². The molecule has 0 bridgehead atoms. The van der Waals surface area contributed by atoms with Crippen LogP contribution >= 0.6 is 23.2 Å². The van der Waals surface area contributed by atoms with Crippen molar-refractivity contribution in [3.05, 3.63) is 56.9 Å². The van der Waals surface area contributed by atoms with Gasteiger partial charge >= 0.3 is 5.63 Å². The van der Waals surface area contributed by atoms with Gasteiger partial charge in [0.1, 0.15) is 11.1 Å². The molecule has 31 heavy (non-hydrogen) atoms. The van der Waals surface area contributed by atoms with Crippen molar-refractivity contribution in [1.29, 1.82) is 0 Å². The number of anilines is 1. The maximum atomic E-state index is 12.8. The van der Waals surface area contributed by atoms with E-state index in [2.05, 4.69) is 15.3 Å². The van der Waals surface area contributed by atoms with Crippen molar-refractivity contribution in [1.82, 2.24) is 9.97 Å². The first kappa shape index (κ1) is 21.1. The van der Waals surface area contributed by atoms with Gasteiger partial charge in [0.15, 0.2) is 17.2 Å². The number of ether oxygens (including phenoxy) is 1. The van der Waals surface area contributed by atoms with Gasteiger partial charge in [-0.1, -0.05) is 30.1 Å². The first-order valence-electron chi connectivity index (χ1n) is 9.58. The monoisotopic (exact) mass is 457 g/mol. The first-order valence-corrected chi connectivity index (χ1v) is 10.3. The van der Waals surface area contributed by atoms with E-state index in [1.165, 1.54) is 6.07 Å². The van der Waals surface area contributed by atoms with Crippen LogP contribution in [0.1, 0.15) is 20.3 Å². The molecule has 1 N–H and O–H groups in total. The molecule has 0 aliphatic heterocycles. The van der Waals surface area contributed by atoms with E-state index in [-0.39, 0.29) is 39.7 Å². The van der Waals surface area contributed by atoms with Crippen molar-refractivity contribution in [2.75, 3.05) is 11.9 Å². The molecule has 2 aromatic heterocycles. The molecule has 0 unspecified atom stereocenters. The first-order chi connectivity index (χ1) is 14.9. The van der Waals surface area contributed by atoms with Crippen LogP contribution in [0.3, 0.4) is 0 Å². The third kappa shape index (κ3) is 4.06. The summed E-state index contributed by atoms with van der Waals surface area (Å²) in [5.74, 6) is 0.773. The van der Waals surface area contributed by atoms with E-state index < -0.39 is 5.63 Å². The zero-order valence-electron chi connectivity index (χ0n) is 16.7. The van der Waals surface area contributed by atoms with E-state index in [0.717, 1.165) is 0 Å². The van der Waals surface area contributed by atoms with Crippen LogP contribution in [0.2, 0.25) is 10.0 Å². The van der Waals surface area contributed by atoms with Gasteiger partial charge in [-0.2, -0.15) is 0 Å². The second-order valence-corrected chi connectivity index (χ2v) is 7.48. The van der Waals surface area contributed by atoms with Crippen molar-refractivity contribution in [3.8, 4) is 17.1 Å². The molecule has 2 heterocycles. The van der Waals surface area contributed by atoms with Crippen molar-refractivity contribution < 1.29 is 13.9 Å². The Bertz CT molecular complexity index is 1370. The average Bonchev–Trinajstić information content (AvgIpc) is 2.75. The van der Waals surface area contributed by atoms with Crippen LogP contribution < -0.4 is 15.7 Å². The molecule has 0 fully saturated rings. The fourth-order valence-corrected chi connectivity index (χ4v) is 3.67. The van der Waals surface area contributed by atoms with Crippen molar-refractivity contribution >= 4 is 56.8 Å². The maximum Gasteiger partial charge on any atom is 0.349 e. The number of halogens is 2. The number of rotatable bonds is 5. The number of nitrogens with one attached hydrogen (secondary N) is 1. The summed E-state index contributed by atoms with van der Waals surface area (Å²) in [6.45, 7) is 4.14. The minimum Gasteiger partial charge on any atom is -0.494 e. The highest BCUT2D eigenvalue weighted by molar-refractivity contribution is 6.39. The third-order valence-corrected chi connectivity index (χ3v) is 5.07. The van der Waals surface area contributed by atoms with Crippen LogP contribution in [0.4, 0.5) is 5.82 Å². The molecule has 9 heteroatoms. The summed E-state index contributed by atoms with van der Waals surface area (Å²) in [5.41, 5.74) is 0.400. The second kappa shape index (κ2) is 8.53. The quantitative estimate of drug-likeness (QED) is 0.315. The van der Waals surface area contributed by atoms with Crippen LogP contribution in [-0.4, -0.2) is 22.5 Å². The normalized spacial score (nSPS) is 11.1. The van der Waals surface area contributed by atoms with Crippen LogP contribution in [0, 0.1) is 0 Å². The van der Waals surface area contributed by atoms with Crippen molar-refractivity contribution in [2.45, 2.75) is 20.3 Å². The van der Waals surface area contributed by atoms with Crippen molar-refractivity contribution in [3.63, 3.8) is 0 Å². The van der Waals surface area contributed by atoms with E-state index in [4.69, 9.17) is 32.4 Å². The summed E-state index contributed by atoms with van der Waals surface area (Å²) in [4.78, 5) is 33.9. The Balaban J connectivity index is 2.04. The lowest BCUT2D eigenvalue weighted by Crippen LogP contribution is -2.15. The smallest absolute Gasteiger partial charge is 0.349 e. The Hall–Kier alpha value is -3.16. The molecule has 4 rings (SSSR count). The predicted octanol–water partition coefficient (Wildman–Crippen LogP) is 5.46. The largest absolute Gasteiger partial charge is 0.494 e. The van der Waals surface area contributed by atoms with Gasteiger partial charge in [-0.3, -0.25) is 4.79 Å². The van der Waals surface area contributed by atoms with Gasteiger partial charge in [0.2, 0.25) is 5.91 Å². The van der Waals surface area contributed by atoms with Gasteiger partial charge in [-0.25, -0.2) is 14.8 Å². The molecule has 1 amide bonds. The SMILES string of the molecule is CCOc1ccc(-c2nc(NC(=O)CC)c3c(=O)oc4c(Cl)cc(Cl)cc4c3n2)cc1. The number of benzene rings is 2. The summed E-state index contributed by atoms with van der Waals surface area (Å²) in [7, 11) is 0. The molecule has 2 aromatic carbocycles. The lowest BCUT2D eigenvalue weighted by Gasteiger charge is -2.11. The van der Waals surface area contributed by atoms with Gasteiger partial charge < -0.3 is 14.5 Å². The van der Waals surface area contributed by atoms with Crippen LogP contribution in [0.15, 0.2) is 45.6 Å². The Labute approximate surface area is 187 Å². The third-order valence-electron chi connectivity index (χ3n) is 4.57. The minimum atomic E-state index is -0.712. The predicted molar refractivity (Wildman–Crippen MR) is 121 cm³/mol. The molecular formula is C22H17Cl2N3O4. The number of nitrogens with zero attached hydrogens (tertiary/aromatic N) is 2. The minimum absolute atomic E-state index is 0.0438. The van der Waals surface area contributed by atoms with Crippen molar-refractivity contribution in [2.24, 2.45) is 0 Å². The number of hydrogen-bond donors (Lipinski definition) is 1. The van der Waals surface area contributed by atoms with Gasteiger partial charge in [-0.15, -0.1) is 0 Å². The Morgan fingerprint density at radius 2 is 1.87 bits per heavy atom. The molecule has 0 saturated carbocycles. The van der Waals surface area contributed by atoms with Gasteiger partial charge in [0.25, 0.3) is 0 Å². The van der Waals surface area contributed by atoms with E-state index >= 15 is 0 Å². The van der Waals surface area contributed by atoms with E-state index in [1.807, 2.05) is 6.92 Å². The molecule has 158 valence electrons. The average molecular weight is 458 g/mol. The van der Waals surface area contributed by atoms with Crippen LogP contribution in [-0.2, 0) is 4.79 Å². The highest BCUT2D eigenvalue weighted by Gasteiger charge is 2.20. The summed E-state index contributed by atoms with van der Waals surface area (Å²) < 4.78 is 10.9. The summed E-state index contributed by atoms with van der Waals surface area (Å²) in [5, 5.41) is 3.69. The molecule has 0 spiro atoms. The summed E-state index contributed by atoms with van der Waals surface area (Å²) in [6.07, 6.45) is 0.209. The van der Waals surface area contributed by atoms with E-state index in [1.54, 1.807) is 37.3 Å². The molecule has 0 aliphatic rings. The fraction of sp³-hybridized carbons (Fsp3) is 0.182. The summed E-state index contributed by atoms with van der Waals surface area (Å²) >= 11 is 12.4. The van der Waals surface area contributed by atoms with Crippen LogP contribution in [0.25, 0.3) is 33.3 Å². The number of fused-ring (bicyclic) bond motifs is 3. The second-order valence-electron chi connectivity index (χ2n) is 6.63. The molecule has 7 nitrogen and oxygen atoms in total. The van der Waals surface area contributed by atoms with E-state index in [0.29, 0.717) is 34.2 Å². The number of carbonyl (C=O) groups excluding carboxylic acids is 1. The highest BCUT2D eigenvalue weighted by Crippen LogP contribution is 2.34. The fourth-order valence-electron chi connectivity index (χ4n) is 3.14. The standard InChI is InChI=1S/C22H17Cl2N3O4/c1-3-16(28)25-21-17-18(14-9-12(23)10-15(24)19(14)31-22(17)29)26-20(27-21)11-5-7-13(8-6-11)30-4-2/h5-10H,3-4H2,1-2H3,(H,25,26,27,28).